The van der Waals surface area contributed by atoms with Crippen LogP contribution in [-0.2, 0) is 7.05 Å². The van der Waals surface area contributed by atoms with Gasteiger partial charge in [-0.05, 0) is 37.6 Å². The van der Waals surface area contributed by atoms with Crippen molar-refractivity contribution in [1.82, 2.24) is 15.2 Å². The molecule has 1 aromatic heterocycles. The number of amides is 1. The average Bonchev–Trinajstić information content (AvgIpc) is 2.84. The second-order valence-electron chi connectivity index (χ2n) is 4.07. The van der Waals surface area contributed by atoms with E-state index in [-0.39, 0.29) is 18.3 Å². The van der Waals surface area contributed by atoms with E-state index in [2.05, 4.69) is 10.6 Å². The summed E-state index contributed by atoms with van der Waals surface area (Å²) in [5, 5.41) is 6.25. The molecule has 1 amide bonds. The van der Waals surface area contributed by atoms with Crippen LogP contribution in [0.25, 0.3) is 0 Å². The minimum Gasteiger partial charge on any atom is -0.350 e. The molecule has 90 valence electrons. The molecule has 1 saturated heterocycles. The van der Waals surface area contributed by atoms with Gasteiger partial charge in [-0.2, -0.15) is 0 Å². The predicted molar refractivity (Wildman–Crippen MR) is 66.0 cm³/mol. The smallest absolute Gasteiger partial charge is 0.267 e. The molecule has 2 N–H and O–H groups in total. The lowest BCUT2D eigenvalue weighted by atomic mass is 10.1. The molecule has 1 fully saturated rings. The topological polar surface area (TPSA) is 46.1 Å². The number of aryl methyl sites for hydroxylation is 1. The molecular weight excluding hydrogens is 226 g/mol. The summed E-state index contributed by atoms with van der Waals surface area (Å²) in [5.74, 6) is 0.614. The fourth-order valence-corrected chi connectivity index (χ4v) is 1.91. The summed E-state index contributed by atoms with van der Waals surface area (Å²) in [6.07, 6.45) is 3.04. The van der Waals surface area contributed by atoms with Gasteiger partial charge in [-0.25, -0.2) is 0 Å². The van der Waals surface area contributed by atoms with E-state index >= 15 is 0 Å². The maximum absolute atomic E-state index is 11.7. The van der Waals surface area contributed by atoms with Gasteiger partial charge in [0.25, 0.3) is 5.91 Å². The Labute approximate surface area is 102 Å². The van der Waals surface area contributed by atoms with E-state index in [4.69, 9.17) is 0 Å². The molecule has 0 bridgehead atoms. The van der Waals surface area contributed by atoms with Gasteiger partial charge in [-0.1, -0.05) is 0 Å². The molecule has 1 aliphatic rings. The maximum Gasteiger partial charge on any atom is 0.267 e. The third-order valence-corrected chi connectivity index (χ3v) is 2.89. The Morgan fingerprint density at radius 2 is 2.50 bits per heavy atom. The molecule has 0 saturated carbocycles. The van der Waals surface area contributed by atoms with Crippen LogP contribution in [0.4, 0.5) is 0 Å². The molecule has 4 nitrogen and oxygen atoms in total. The van der Waals surface area contributed by atoms with Crippen molar-refractivity contribution in [3.63, 3.8) is 0 Å². The summed E-state index contributed by atoms with van der Waals surface area (Å²) in [7, 11) is 1.88. The van der Waals surface area contributed by atoms with Gasteiger partial charge in [-0.3, -0.25) is 4.79 Å². The summed E-state index contributed by atoms with van der Waals surface area (Å²) >= 11 is 0. The highest BCUT2D eigenvalue weighted by Gasteiger charge is 2.16. The largest absolute Gasteiger partial charge is 0.350 e. The summed E-state index contributed by atoms with van der Waals surface area (Å²) in [6, 6.07) is 3.72. The number of rotatable bonds is 3. The second-order valence-corrected chi connectivity index (χ2v) is 4.07. The summed E-state index contributed by atoms with van der Waals surface area (Å²) in [5.41, 5.74) is 0.723. The van der Waals surface area contributed by atoms with E-state index < -0.39 is 0 Å². The lowest BCUT2D eigenvalue weighted by Crippen LogP contribution is -2.31. The number of nitrogens with zero attached hydrogens (tertiary/aromatic N) is 1. The number of carbonyl (C=O) groups is 1. The van der Waals surface area contributed by atoms with E-state index in [1.807, 2.05) is 29.9 Å². The van der Waals surface area contributed by atoms with Crippen molar-refractivity contribution < 1.29 is 4.79 Å². The number of halogens is 1. The molecule has 0 spiro atoms. The van der Waals surface area contributed by atoms with Gasteiger partial charge in [0.2, 0.25) is 0 Å². The van der Waals surface area contributed by atoms with Crippen molar-refractivity contribution in [3.8, 4) is 0 Å². The van der Waals surface area contributed by atoms with Crippen LogP contribution >= 0.6 is 12.4 Å². The molecule has 2 rings (SSSR count). The quantitative estimate of drug-likeness (QED) is 0.825. The van der Waals surface area contributed by atoms with Crippen molar-refractivity contribution in [3.05, 3.63) is 24.0 Å². The number of carbonyl (C=O) groups excluding carboxylic acids is 1. The van der Waals surface area contributed by atoms with Gasteiger partial charge < -0.3 is 15.2 Å². The van der Waals surface area contributed by atoms with Crippen LogP contribution in [0.2, 0.25) is 0 Å². The van der Waals surface area contributed by atoms with E-state index in [0.717, 1.165) is 31.7 Å². The molecule has 1 unspecified atom stereocenters. The van der Waals surface area contributed by atoms with Crippen molar-refractivity contribution >= 4 is 18.3 Å². The average molecular weight is 244 g/mol. The summed E-state index contributed by atoms with van der Waals surface area (Å²) < 4.78 is 1.84. The van der Waals surface area contributed by atoms with Crippen LogP contribution in [-0.4, -0.2) is 30.1 Å². The first-order valence-corrected chi connectivity index (χ1v) is 5.37. The van der Waals surface area contributed by atoms with Crippen molar-refractivity contribution in [2.24, 2.45) is 13.0 Å². The van der Waals surface area contributed by atoms with E-state index in [0.29, 0.717) is 5.92 Å². The Bertz CT molecular complexity index is 345. The Morgan fingerprint density at radius 1 is 1.69 bits per heavy atom. The molecule has 0 aliphatic carbocycles. The third-order valence-electron chi connectivity index (χ3n) is 2.89. The van der Waals surface area contributed by atoms with Gasteiger partial charge in [-0.15, -0.1) is 12.4 Å². The highest BCUT2D eigenvalue weighted by molar-refractivity contribution is 5.92. The zero-order chi connectivity index (χ0) is 10.7. The van der Waals surface area contributed by atoms with Crippen molar-refractivity contribution in [2.75, 3.05) is 19.6 Å². The van der Waals surface area contributed by atoms with Crippen molar-refractivity contribution in [1.29, 1.82) is 0 Å². The van der Waals surface area contributed by atoms with Gasteiger partial charge in [0.1, 0.15) is 5.69 Å². The molecule has 0 radical (unpaired) electrons. The molecule has 1 aliphatic heterocycles. The number of aromatic nitrogens is 1. The zero-order valence-electron chi connectivity index (χ0n) is 9.40. The number of hydrogen-bond donors (Lipinski definition) is 2. The summed E-state index contributed by atoms with van der Waals surface area (Å²) in [4.78, 5) is 11.7. The van der Waals surface area contributed by atoms with Gasteiger partial charge in [0.05, 0.1) is 0 Å². The monoisotopic (exact) mass is 243 g/mol. The number of hydrogen-bond acceptors (Lipinski definition) is 2. The van der Waals surface area contributed by atoms with Gasteiger partial charge in [0.15, 0.2) is 0 Å². The van der Waals surface area contributed by atoms with Crippen LogP contribution in [0.1, 0.15) is 16.9 Å². The molecule has 5 heteroatoms. The SMILES string of the molecule is Cl.Cn1cccc1C(=O)NCC1CCNC1. The fourth-order valence-electron chi connectivity index (χ4n) is 1.91. The van der Waals surface area contributed by atoms with Crippen LogP contribution in [0.15, 0.2) is 18.3 Å². The molecule has 2 heterocycles. The van der Waals surface area contributed by atoms with Gasteiger partial charge >= 0.3 is 0 Å². The van der Waals surface area contributed by atoms with E-state index in [9.17, 15) is 4.79 Å². The highest BCUT2D eigenvalue weighted by Crippen LogP contribution is 2.06. The fraction of sp³-hybridized carbons (Fsp3) is 0.545. The predicted octanol–water partition coefficient (Wildman–Crippen LogP) is 0.786. The standard InChI is InChI=1S/C11H17N3O.ClH/c1-14-6-2-3-10(14)11(15)13-8-9-4-5-12-7-9;/h2-3,6,9,12H,4-5,7-8H2,1H3,(H,13,15);1H. The Morgan fingerprint density at radius 3 is 3.06 bits per heavy atom. The normalized spacial score (nSPS) is 19.2. The zero-order valence-corrected chi connectivity index (χ0v) is 10.2. The van der Waals surface area contributed by atoms with Crippen LogP contribution < -0.4 is 10.6 Å². The minimum atomic E-state index is 0. The lowest BCUT2D eigenvalue weighted by Gasteiger charge is -2.10. The van der Waals surface area contributed by atoms with Crippen LogP contribution in [0, 0.1) is 5.92 Å². The highest BCUT2D eigenvalue weighted by atomic mass is 35.5. The molecule has 1 aromatic rings. The maximum atomic E-state index is 11.7. The minimum absolute atomic E-state index is 0. The molecule has 16 heavy (non-hydrogen) atoms. The summed E-state index contributed by atoms with van der Waals surface area (Å²) in [6.45, 7) is 2.87. The number of nitrogens with one attached hydrogen (secondary N) is 2. The Balaban J connectivity index is 0.00000128. The lowest BCUT2D eigenvalue weighted by molar-refractivity contribution is 0.0940. The first kappa shape index (κ1) is 13.1. The first-order chi connectivity index (χ1) is 7.27. The van der Waals surface area contributed by atoms with Crippen LogP contribution in [0.5, 0.6) is 0 Å². The molecular formula is C11H18ClN3O. The van der Waals surface area contributed by atoms with Gasteiger partial charge in [0, 0.05) is 19.8 Å². The first-order valence-electron chi connectivity index (χ1n) is 5.37. The Hall–Kier alpha value is -1.00. The van der Waals surface area contributed by atoms with Crippen molar-refractivity contribution in [2.45, 2.75) is 6.42 Å². The van der Waals surface area contributed by atoms with E-state index in [1.54, 1.807) is 0 Å². The molecule has 0 aromatic carbocycles. The van der Waals surface area contributed by atoms with E-state index in [1.165, 1.54) is 0 Å². The molecule has 1 atom stereocenters. The van der Waals surface area contributed by atoms with Crippen LogP contribution in [0.3, 0.4) is 0 Å². The second kappa shape index (κ2) is 5.92. The Kier molecular flexibility index (Phi) is 4.83. The third kappa shape index (κ3) is 3.00.